The van der Waals surface area contributed by atoms with Gasteiger partial charge in [-0.15, -0.1) is 0 Å². The number of piperidine rings is 1. The lowest BCUT2D eigenvalue weighted by Crippen LogP contribution is -2.37. The Morgan fingerprint density at radius 3 is 2.63 bits per heavy atom. The molecule has 5 heteroatoms. The maximum absolute atomic E-state index is 14.3. The third kappa shape index (κ3) is 3.09. The molecule has 1 fully saturated rings. The summed E-state index contributed by atoms with van der Waals surface area (Å²) < 4.78 is 14.8. The van der Waals surface area contributed by atoms with Gasteiger partial charge < -0.3 is 15.7 Å². The fourth-order valence-corrected chi connectivity index (χ4v) is 3.10. The molecule has 0 spiro atoms. The highest BCUT2D eigenvalue weighted by Gasteiger charge is 2.25. The van der Waals surface area contributed by atoms with E-state index >= 15 is 0 Å². The molecule has 106 valence electrons. The van der Waals surface area contributed by atoms with Crippen LogP contribution in [0.25, 0.3) is 0 Å². The van der Waals surface area contributed by atoms with Crippen LogP contribution in [-0.2, 0) is 6.54 Å². The summed E-state index contributed by atoms with van der Waals surface area (Å²) >= 11 is 3.27. The van der Waals surface area contributed by atoms with Crippen LogP contribution in [0.15, 0.2) is 16.6 Å². The smallest absolute Gasteiger partial charge is 0.160 e. The van der Waals surface area contributed by atoms with Crippen LogP contribution in [-0.4, -0.2) is 24.3 Å². The molecule has 1 aromatic rings. The summed E-state index contributed by atoms with van der Waals surface area (Å²) in [4.78, 5) is 2.04. The molecular formula is C14H20BrFN2O. The van der Waals surface area contributed by atoms with Gasteiger partial charge in [-0.25, -0.2) is 4.39 Å². The maximum Gasteiger partial charge on any atom is 0.160 e. The molecule has 1 saturated heterocycles. The average molecular weight is 331 g/mol. The Balaban J connectivity index is 2.14. The normalized spacial score (nSPS) is 18.7. The number of hydrogen-bond acceptors (Lipinski definition) is 3. The minimum Gasteiger partial charge on any atom is -0.393 e. The molecule has 1 aromatic carbocycles. The van der Waals surface area contributed by atoms with E-state index in [0.717, 1.165) is 31.5 Å². The number of nitrogens with zero attached hydrogens (tertiary/aromatic N) is 1. The molecule has 0 aliphatic carbocycles. The van der Waals surface area contributed by atoms with Crippen molar-refractivity contribution in [2.45, 2.75) is 32.4 Å². The van der Waals surface area contributed by atoms with Gasteiger partial charge >= 0.3 is 0 Å². The van der Waals surface area contributed by atoms with Gasteiger partial charge in [-0.1, -0.05) is 6.07 Å². The summed E-state index contributed by atoms with van der Waals surface area (Å²) in [5.41, 5.74) is 6.96. The third-order valence-corrected chi connectivity index (χ3v) is 4.78. The largest absolute Gasteiger partial charge is 0.393 e. The highest BCUT2D eigenvalue weighted by molar-refractivity contribution is 9.10. The summed E-state index contributed by atoms with van der Waals surface area (Å²) in [7, 11) is 0. The fourth-order valence-electron chi connectivity index (χ4n) is 2.60. The first-order chi connectivity index (χ1) is 9.04. The lowest BCUT2D eigenvalue weighted by Gasteiger charge is -2.35. The molecule has 1 aliphatic heterocycles. The molecule has 0 bridgehead atoms. The molecule has 1 aliphatic rings. The summed E-state index contributed by atoms with van der Waals surface area (Å²) in [5, 5.41) is 9.59. The van der Waals surface area contributed by atoms with Crippen molar-refractivity contribution >= 4 is 21.6 Å². The SMILES string of the molecule is CC(O)C1CCN(c2ccc(CN)c(Br)c2F)CC1. The van der Waals surface area contributed by atoms with E-state index in [9.17, 15) is 9.50 Å². The number of aliphatic hydroxyl groups is 1. The van der Waals surface area contributed by atoms with E-state index in [-0.39, 0.29) is 11.9 Å². The van der Waals surface area contributed by atoms with Crippen molar-refractivity contribution in [2.75, 3.05) is 18.0 Å². The van der Waals surface area contributed by atoms with Crippen molar-refractivity contribution in [2.24, 2.45) is 11.7 Å². The highest BCUT2D eigenvalue weighted by atomic mass is 79.9. The maximum atomic E-state index is 14.3. The second-order valence-corrected chi connectivity index (χ2v) is 5.93. The topological polar surface area (TPSA) is 49.5 Å². The number of nitrogens with two attached hydrogens (primary N) is 1. The van der Waals surface area contributed by atoms with Crippen LogP contribution >= 0.6 is 15.9 Å². The Hall–Kier alpha value is -0.650. The van der Waals surface area contributed by atoms with Gasteiger partial charge in [0, 0.05) is 19.6 Å². The van der Waals surface area contributed by atoms with E-state index in [0.29, 0.717) is 22.6 Å². The van der Waals surface area contributed by atoms with E-state index < -0.39 is 0 Å². The van der Waals surface area contributed by atoms with Crippen LogP contribution in [0, 0.1) is 11.7 Å². The van der Waals surface area contributed by atoms with E-state index in [2.05, 4.69) is 15.9 Å². The van der Waals surface area contributed by atoms with E-state index in [1.165, 1.54) is 0 Å². The molecule has 1 atom stereocenters. The predicted molar refractivity (Wildman–Crippen MR) is 78.6 cm³/mol. The standard InChI is InChI=1S/C14H20BrFN2O/c1-9(19)10-4-6-18(7-5-10)12-3-2-11(8-17)13(15)14(12)16/h2-3,9-10,19H,4-8,17H2,1H3. The van der Waals surface area contributed by atoms with Crippen molar-refractivity contribution in [3.05, 3.63) is 28.0 Å². The zero-order valence-electron chi connectivity index (χ0n) is 11.1. The molecule has 0 aromatic heterocycles. The second kappa shape index (κ2) is 6.20. The lowest BCUT2D eigenvalue weighted by atomic mass is 9.92. The van der Waals surface area contributed by atoms with Crippen LogP contribution < -0.4 is 10.6 Å². The summed E-state index contributed by atoms with van der Waals surface area (Å²) in [6.45, 7) is 3.71. The van der Waals surface area contributed by atoms with Crippen LogP contribution in [0.5, 0.6) is 0 Å². The minimum atomic E-state index is -0.279. The lowest BCUT2D eigenvalue weighted by molar-refractivity contribution is 0.110. The first kappa shape index (κ1) is 14.8. The van der Waals surface area contributed by atoms with Gasteiger partial charge in [0.25, 0.3) is 0 Å². The van der Waals surface area contributed by atoms with Crippen LogP contribution in [0.3, 0.4) is 0 Å². The van der Waals surface area contributed by atoms with Crippen molar-refractivity contribution in [1.29, 1.82) is 0 Å². The molecule has 3 nitrogen and oxygen atoms in total. The minimum absolute atomic E-state index is 0.238. The number of hydrogen-bond donors (Lipinski definition) is 2. The van der Waals surface area contributed by atoms with Crippen LogP contribution in [0.4, 0.5) is 10.1 Å². The van der Waals surface area contributed by atoms with Crippen molar-refractivity contribution < 1.29 is 9.50 Å². The molecule has 0 saturated carbocycles. The monoisotopic (exact) mass is 330 g/mol. The number of halogens is 2. The summed E-state index contributed by atoms with van der Waals surface area (Å²) in [5.74, 6) is 0.0875. The van der Waals surface area contributed by atoms with Gasteiger partial charge in [-0.2, -0.15) is 0 Å². The molecule has 0 radical (unpaired) electrons. The second-order valence-electron chi connectivity index (χ2n) is 5.14. The van der Waals surface area contributed by atoms with Crippen molar-refractivity contribution in [1.82, 2.24) is 0 Å². The number of rotatable bonds is 3. The van der Waals surface area contributed by atoms with Crippen molar-refractivity contribution in [3.63, 3.8) is 0 Å². The van der Waals surface area contributed by atoms with Crippen molar-refractivity contribution in [3.8, 4) is 0 Å². The van der Waals surface area contributed by atoms with Gasteiger partial charge in [-0.3, -0.25) is 0 Å². The average Bonchev–Trinajstić information content (AvgIpc) is 2.42. The molecule has 0 amide bonds. The number of aliphatic hydroxyl groups excluding tert-OH is 1. The highest BCUT2D eigenvalue weighted by Crippen LogP contribution is 2.32. The quantitative estimate of drug-likeness (QED) is 0.895. The zero-order valence-corrected chi connectivity index (χ0v) is 12.7. The van der Waals surface area contributed by atoms with Crippen LogP contribution in [0.2, 0.25) is 0 Å². The first-order valence-corrected chi connectivity index (χ1v) is 7.43. The Labute approximate surface area is 121 Å². The van der Waals surface area contributed by atoms with E-state index in [1.807, 2.05) is 17.9 Å². The van der Waals surface area contributed by atoms with Gasteiger partial charge in [-0.05, 0) is 53.2 Å². The Kier molecular flexibility index (Phi) is 4.81. The third-order valence-electron chi connectivity index (χ3n) is 3.92. The first-order valence-electron chi connectivity index (χ1n) is 6.64. The van der Waals surface area contributed by atoms with Crippen LogP contribution in [0.1, 0.15) is 25.3 Å². The predicted octanol–water partition coefficient (Wildman–Crippen LogP) is 2.64. The summed E-state index contributed by atoms with van der Waals surface area (Å²) in [6.07, 6.45) is 1.51. The van der Waals surface area contributed by atoms with Gasteiger partial charge in [0.1, 0.15) is 0 Å². The van der Waals surface area contributed by atoms with E-state index in [1.54, 1.807) is 6.07 Å². The Bertz CT molecular complexity index is 445. The molecule has 3 N–H and O–H groups in total. The molecule has 1 unspecified atom stereocenters. The molecule has 1 heterocycles. The molecule has 2 rings (SSSR count). The zero-order chi connectivity index (χ0) is 14.0. The van der Waals surface area contributed by atoms with E-state index in [4.69, 9.17) is 5.73 Å². The molecule has 19 heavy (non-hydrogen) atoms. The summed E-state index contributed by atoms with van der Waals surface area (Å²) in [6, 6.07) is 3.66. The number of benzene rings is 1. The van der Waals surface area contributed by atoms with Gasteiger partial charge in [0.05, 0.1) is 16.3 Å². The molecular weight excluding hydrogens is 311 g/mol. The van der Waals surface area contributed by atoms with Gasteiger partial charge in [0.2, 0.25) is 0 Å². The Morgan fingerprint density at radius 2 is 2.11 bits per heavy atom. The Morgan fingerprint density at radius 1 is 1.47 bits per heavy atom. The number of anilines is 1. The fraction of sp³-hybridized carbons (Fsp3) is 0.571. The van der Waals surface area contributed by atoms with Gasteiger partial charge in [0.15, 0.2) is 5.82 Å².